The van der Waals surface area contributed by atoms with Gasteiger partial charge in [-0.25, -0.2) is 4.98 Å². The Morgan fingerprint density at radius 1 is 0.931 bits per heavy atom. The highest BCUT2D eigenvalue weighted by Crippen LogP contribution is 2.17. The standard InChI is InChI=1S/C24H20N4O/c1-18-13-15-20(16-14-18)26-24-27-22-12-6-5-11-21(22)23(29)28(24)25-17-7-10-19-8-3-2-4-9-19/h2-17H,1H3,(H,26,27). The van der Waals surface area contributed by atoms with E-state index in [1.807, 2.05) is 85.8 Å². The Balaban J connectivity index is 1.72. The minimum Gasteiger partial charge on any atom is -0.324 e. The second-order valence-corrected chi connectivity index (χ2v) is 6.59. The molecule has 1 aromatic heterocycles. The zero-order chi connectivity index (χ0) is 20.1. The van der Waals surface area contributed by atoms with Gasteiger partial charge in [0.05, 0.1) is 10.9 Å². The first-order valence-corrected chi connectivity index (χ1v) is 9.32. The van der Waals surface area contributed by atoms with Gasteiger partial charge < -0.3 is 5.32 Å². The Hall–Kier alpha value is -3.99. The zero-order valence-corrected chi connectivity index (χ0v) is 16.0. The van der Waals surface area contributed by atoms with Crippen LogP contribution >= 0.6 is 0 Å². The van der Waals surface area contributed by atoms with Gasteiger partial charge in [-0.2, -0.15) is 9.78 Å². The van der Waals surface area contributed by atoms with E-state index >= 15 is 0 Å². The highest BCUT2D eigenvalue weighted by Gasteiger charge is 2.10. The average molecular weight is 380 g/mol. The van der Waals surface area contributed by atoms with E-state index in [-0.39, 0.29) is 5.56 Å². The minimum absolute atomic E-state index is 0.227. The van der Waals surface area contributed by atoms with Crippen LogP contribution in [0.1, 0.15) is 11.1 Å². The summed E-state index contributed by atoms with van der Waals surface area (Å²) in [6, 6.07) is 25.0. The number of anilines is 2. The van der Waals surface area contributed by atoms with Gasteiger partial charge in [0.25, 0.3) is 5.56 Å². The van der Waals surface area contributed by atoms with Gasteiger partial charge in [-0.15, -0.1) is 0 Å². The third-order valence-corrected chi connectivity index (χ3v) is 4.42. The number of hydrogen-bond acceptors (Lipinski definition) is 4. The third-order valence-electron chi connectivity index (χ3n) is 4.42. The fourth-order valence-electron chi connectivity index (χ4n) is 2.90. The van der Waals surface area contributed by atoms with Crippen LogP contribution in [-0.2, 0) is 0 Å². The average Bonchev–Trinajstić information content (AvgIpc) is 2.75. The molecule has 0 spiro atoms. The van der Waals surface area contributed by atoms with Crippen LogP contribution in [0.2, 0.25) is 0 Å². The van der Waals surface area contributed by atoms with Gasteiger partial charge in [-0.05, 0) is 42.8 Å². The summed E-state index contributed by atoms with van der Waals surface area (Å²) in [4.78, 5) is 17.6. The minimum atomic E-state index is -0.227. The highest BCUT2D eigenvalue weighted by atomic mass is 16.1. The monoisotopic (exact) mass is 380 g/mol. The maximum absolute atomic E-state index is 13.0. The summed E-state index contributed by atoms with van der Waals surface area (Å²) in [5.41, 5.74) is 3.44. The van der Waals surface area contributed by atoms with Gasteiger partial charge in [-0.3, -0.25) is 4.79 Å². The van der Waals surface area contributed by atoms with E-state index < -0.39 is 0 Å². The van der Waals surface area contributed by atoms with Crippen molar-refractivity contribution in [3.05, 3.63) is 106 Å². The Bertz CT molecular complexity index is 1240. The molecular formula is C24H20N4O. The van der Waals surface area contributed by atoms with Crippen molar-refractivity contribution in [3.63, 3.8) is 0 Å². The third kappa shape index (κ3) is 4.30. The number of aromatic nitrogens is 2. The maximum Gasteiger partial charge on any atom is 0.283 e. The topological polar surface area (TPSA) is 59.3 Å². The smallest absolute Gasteiger partial charge is 0.283 e. The van der Waals surface area contributed by atoms with Crippen molar-refractivity contribution < 1.29 is 0 Å². The van der Waals surface area contributed by atoms with Gasteiger partial charge in [0.15, 0.2) is 0 Å². The van der Waals surface area contributed by atoms with Gasteiger partial charge in [0.1, 0.15) is 0 Å². The van der Waals surface area contributed by atoms with Gasteiger partial charge in [-0.1, -0.05) is 66.2 Å². The molecule has 4 aromatic rings. The Kier molecular flexibility index (Phi) is 5.29. The molecule has 0 radical (unpaired) electrons. The summed E-state index contributed by atoms with van der Waals surface area (Å²) in [6.45, 7) is 2.03. The lowest BCUT2D eigenvalue weighted by molar-refractivity contribution is 0.831. The van der Waals surface area contributed by atoms with Crippen LogP contribution in [0.3, 0.4) is 0 Å². The lowest BCUT2D eigenvalue weighted by Crippen LogP contribution is -2.21. The molecule has 0 atom stereocenters. The zero-order valence-electron chi connectivity index (χ0n) is 16.0. The quantitative estimate of drug-likeness (QED) is 0.496. The normalized spacial score (nSPS) is 11.5. The Morgan fingerprint density at radius 2 is 1.66 bits per heavy atom. The van der Waals surface area contributed by atoms with Crippen molar-refractivity contribution >= 4 is 34.8 Å². The first kappa shape index (κ1) is 18.4. The molecule has 0 aliphatic heterocycles. The number of benzene rings is 3. The number of hydrogen-bond donors (Lipinski definition) is 1. The molecule has 0 saturated heterocycles. The van der Waals surface area contributed by atoms with Gasteiger partial charge in [0, 0.05) is 11.9 Å². The van der Waals surface area contributed by atoms with Gasteiger partial charge >= 0.3 is 0 Å². The Labute approximate surface area is 168 Å². The van der Waals surface area contributed by atoms with Crippen molar-refractivity contribution in [3.8, 4) is 0 Å². The molecule has 5 heteroatoms. The fourth-order valence-corrected chi connectivity index (χ4v) is 2.90. The molecule has 0 fully saturated rings. The van der Waals surface area contributed by atoms with Gasteiger partial charge in [0.2, 0.25) is 5.95 Å². The molecule has 0 saturated carbocycles. The van der Waals surface area contributed by atoms with Crippen LogP contribution in [0, 0.1) is 6.92 Å². The number of allylic oxidation sites excluding steroid dienone is 1. The van der Waals surface area contributed by atoms with Crippen molar-refractivity contribution in [1.29, 1.82) is 0 Å². The number of nitrogens with one attached hydrogen (secondary N) is 1. The highest BCUT2D eigenvalue weighted by molar-refractivity contribution is 5.81. The first-order valence-electron chi connectivity index (χ1n) is 9.32. The van der Waals surface area contributed by atoms with E-state index in [1.165, 1.54) is 4.68 Å². The summed E-state index contributed by atoms with van der Waals surface area (Å²) in [6.07, 6.45) is 5.31. The molecular weight excluding hydrogens is 360 g/mol. The maximum atomic E-state index is 13.0. The van der Waals surface area contributed by atoms with E-state index in [0.29, 0.717) is 16.9 Å². The van der Waals surface area contributed by atoms with E-state index in [9.17, 15) is 4.79 Å². The summed E-state index contributed by atoms with van der Waals surface area (Å²) in [7, 11) is 0. The van der Waals surface area contributed by atoms with Crippen LogP contribution in [0.5, 0.6) is 0 Å². The molecule has 0 aliphatic rings. The molecule has 5 nitrogen and oxygen atoms in total. The predicted octanol–water partition coefficient (Wildman–Crippen LogP) is 5.00. The van der Waals surface area contributed by atoms with Crippen molar-refractivity contribution in [2.75, 3.05) is 5.32 Å². The largest absolute Gasteiger partial charge is 0.324 e. The van der Waals surface area contributed by atoms with Crippen LogP contribution in [-0.4, -0.2) is 15.9 Å². The van der Waals surface area contributed by atoms with Crippen LogP contribution < -0.4 is 10.9 Å². The number of para-hydroxylation sites is 1. The molecule has 0 bridgehead atoms. The molecule has 1 heterocycles. The van der Waals surface area contributed by atoms with Crippen molar-refractivity contribution in [2.45, 2.75) is 6.92 Å². The van der Waals surface area contributed by atoms with E-state index in [4.69, 9.17) is 0 Å². The molecule has 29 heavy (non-hydrogen) atoms. The predicted molar refractivity (Wildman–Crippen MR) is 120 cm³/mol. The first-order chi connectivity index (χ1) is 14.2. The van der Waals surface area contributed by atoms with E-state index in [1.54, 1.807) is 18.4 Å². The molecule has 3 aromatic carbocycles. The van der Waals surface area contributed by atoms with Crippen LogP contribution in [0.4, 0.5) is 11.6 Å². The molecule has 1 N–H and O–H groups in total. The lowest BCUT2D eigenvalue weighted by atomic mass is 10.2. The molecule has 0 amide bonds. The summed E-state index contributed by atoms with van der Waals surface area (Å²) < 4.78 is 1.29. The number of fused-ring (bicyclic) bond motifs is 1. The molecule has 0 unspecified atom stereocenters. The van der Waals surface area contributed by atoms with Crippen LogP contribution in [0.15, 0.2) is 94.8 Å². The van der Waals surface area contributed by atoms with Crippen molar-refractivity contribution in [1.82, 2.24) is 9.66 Å². The summed E-state index contributed by atoms with van der Waals surface area (Å²) >= 11 is 0. The second-order valence-electron chi connectivity index (χ2n) is 6.59. The lowest BCUT2D eigenvalue weighted by Gasteiger charge is -2.11. The Morgan fingerprint density at radius 3 is 2.45 bits per heavy atom. The second kappa shape index (κ2) is 8.35. The van der Waals surface area contributed by atoms with E-state index in [2.05, 4.69) is 15.4 Å². The fraction of sp³-hybridized carbons (Fsp3) is 0.0417. The number of nitrogens with zero attached hydrogens (tertiary/aromatic N) is 3. The van der Waals surface area contributed by atoms with E-state index in [0.717, 1.165) is 16.8 Å². The SMILES string of the molecule is Cc1ccc(Nc2nc3ccccc3c(=O)n2N=CC=Cc2ccccc2)cc1. The number of aryl methyl sites for hydroxylation is 1. The number of rotatable bonds is 5. The van der Waals surface area contributed by atoms with Crippen LogP contribution in [0.25, 0.3) is 17.0 Å². The molecule has 0 aliphatic carbocycles. The van der Waals surface area contributed by atoms with Crippen molar-refractivity contribution in [2.24, 2.45) is 5.10 Å². The summed E-state index contributed by atoms with van der Waals surface area (Å²) in [5, 5.41) is 8.08. The molecule has 142 valence electrons. The summed E-state index contributed by atoms with van der Waals surface area (Å²) in [5.74, 6) is 0.363. The molecule has 4 rings (SSSR count).